The normalized spacial score (nSPS) is 54.0. The topological polar surface area (TPSA) is 29.5 Å². The smallest absolute Gasteiger partial charge is 0.0667 e. The van der Waals surface area contributed by atoms with Crippen molar-refractivity contribution in [3.8, 4) is 0 Å². The van der Waals surface area contributed by atoms with E-state index in [2.05, 4.69) is 20.8 Å². The lowest BCUT2D eigenvalue weighted by Gasteiger charge is -2.64. The van der Waals surface area contributed by atoms with E-state index in [1.807, 2.05) is 0 Å². The second kappa shape index (κ2) is 3.23. The maximum Gasteiger partial charge on any atom is 0.0667 e. The molecule has 0 aromatic rings. The van der Waals surface area contributed by atoms with Crippen molar-refractivity contribution >= 4 is 0 Å². The molecular formula is C14H24O2. The van der Waals surface area contributed by atoms with Crippen LogP contribution >= 0.6 is 0 Å². The van der Waals surface area contributed by atoms with Crippen LogP contribution in [0.25, 0.3) is 0 Å². The lowest BCUT2D eigenvalue weighted by molar-refractivity contribution is -0.290. The quantitative estimate of drug-likeness (QED) is 0.742. The van der Waals surface area contributed by atoms with Crippen LogP contribution in [0.4, 0.5) is 0 Å². The first-order valence-corrected chi connectivity index (χ1v) is 6.76. The van der Waals surface area contributed by atoms with Crippen molar-refractivity contribution in [3.05, 3.63) is 0 Å². The molecule has 2 heteroatoms. The monoisotopic (exact) mass is 224 g/mol. The molecule has 2 aliphatic carbocycles. The first kappa shape index (κ1) is 11.0. The summed E-state index contributed by atoms with van der Waals surface area (Å²) in [4.78, 5) is 0. The van der Waals surface area contributed by atoms with Crippen molar-refractivity contribution in [1.82, 2.24) is 0 Å². The highest BCUT2D eigenvalue weighted by atomic mass is 16.5. The lowest BCUT2D eigenvalue weighted by Crippen LogP contribution is -2.64. The predicted molar refractivity (Wildman–Crippen MR) is 63.1 cm³/mol. The Hall–Kier alpha value is -0.0800. The van der Waals surface area contributed by atoms with Crippen LogP contribution in [0.15, 0.2) is 0 Å². The zero-order valence-corrected chi connectivity index (χ0v) is 10.7. The van der Waals surface area contributed by atoms with Crippen molar-refractivity contribution in [3.63, 3.8) is 0 Å². The predicted octanol–water partition coefficient (Wildman–Crippen LogP) is 2.60. The van der Waals surface area contributed by atoms with Gasteiger partial charge in [-0.3, -0.25) is 0 Å². The van der Waals surface area contributed by atoms with E-state index in [-0.39, 0.29) is 11.2 Å². The second-order valence-electron chi connectivity index (χ2n) is 7.03. The van der Waals surface area contributed by atoms with Crippen molar-refractivity contribution in [1.29, 1.82) is 0 Å². The van der Waals surface area contributed by atoms with Gasteiger partial charge in [0.1, 0.15) is 0 Å². The average Bonchev–Trinajstić information content (AvgIpc) is 2.13. The van der Waals surface area contributed by atoms with Gasteiger partial charge in [-0.05, 0) is 70.1 Å². The summed E-state index contributed by atoms with van der Waals surface area (Å²) in [6.45, 7) is 7.17. The van der Waals surface area contributed by atoms with Crippen molar-refractivity contribution in [2.75, 3.05) is 6.61 Å². The summed E-state index contributed by atoms with van der Waals surface area (Å²) < 4.78 is 6.31. The Labute approximate surface area is 98.4 Å². The van der Waals surface area contributed by atoms with Crippen LogP contribution in [0.5, 0.6) is 0 Å². The van der Waals surface area contributed by atoms with Crippen LogP contribution in [-0.4, -0.2) is 22.9 Å². The van der Waals surface area contributed by atoms with E-state index < -0.39 is 0 Å². The second-order valence-corrected chi connectivity index (χ2v) is 7.03. The van der Waals surface area contributed by atoms with Crippen molar-refractivity contribution in [2.45, 2.75) is 57.7 Å². The van der Waals surface area contributed by atoms with Gasteiger partial charge < -0.3 is 9.84 Å². The molecule has 2 heterocycles. The van der Waals surface area contributed by atoms with Gasteiger partial charge in [0.05, 0.1) is 11.2 Å². The van der Waals surface area contributed by atoms with Gasteiger partial charge in [-0.15, -0.1) is 0 Å². The Balaban J connectivity index is 1.97. The average molecular weight is 224 g/mol. The van der Waals surface area contributed by atoms with Gasteiger partial charge in [-0.25, -0.2) is 0 Å². The molecule has 4 bridgehead atoms. The molecule has 0 spiro atoms. The highest BCUT2D eigenvalue weighted by molar-refractivity contribution is 5.09. The lowest BCUT2D eigenvalue weighted by atomic mass is 9.50. The molecule has 0 aromatic carbocycles. The Morgan fingerprint density at radius 2 is 1.94 bits per heavy atom. The van der Waals surface area contributed by atoms with E-state index >= 15 is 0 Å². The minimum atomic E-state index is 0.0222. The van der Waals surface area contributed by atoms with E-state index in [1.54, 1.807) is 0 Å². The third-order valence-electron chi connectivity index (χ3n) is 5.39. The van der Waals surface area contributed by atoms with E-state index in [0.29, 0.717) is 24.4 Å². The number of aliphatic hydroxyl groups excluding tert-OH is 1. The summed E-state index contributed by atoms with van der Waals surface area (Å²) >= 11 is 0. The zero-order valence-electron chi connectivity index (χ0n) is 10.7. The minimum Gasteiger partial charge on any atom is -0.396 e. The molecule has 5 atom stereocenters. The molecule has 16 heavy (non-hydrogen) atoms. The maximum absolute atomic E-state index is 9.54. The van der Waals surface area contributed by atoms with E-state index in [4.69, 9.17) is 4.74 Å². The first-order valence-electron chi connectivity index (χ1n) is 6.76. The van der Waals surface area contributed by atoms with Gasteiger partial charge >= 0.3 is 0 Å². The molecule has 0 aromatic heterocycles. The molecule has 4 aliphatic rings. The Bertz CT molecular complexity index is 296. The number of rotatable bonds is 1. The fourth-order valence-corrected chi connectivity index (χ4v) is 5.22. The fraction of sp³-hybridized carbons (Fsp3) is 1.00. The van der Waals surface area contributed by atoms with Crippen LogP contribution in [0.2, 0.25) is 0 Å². The van der Waals surface area contributed by atoms with Crippen LogP contribution in [0.3, 0.4) is 0 Å². The van der Waals surface area contributed by atoms with Crippen molar-refractivity contribution < 1.29 is 9.84 Å². The zero-order chi connectivity index (χ0) is 11.6. The first-order chi connectivity index (χ1) is 7.45. The summed E-state index contributed by atoms with van der Waals surface area (Å²) in [5, 5.41) is 9.54. The molecule has 5 unspecified atom stereocenters. The molecule has 2 aliphatic heterocycles. The largest absolute Gasteiger partial charge is 0.396 e. The number of aliphatic hydroxyl groups is 1. The highest BCUT2D eigenvalue weighted by Crippen LogP contribution is 2.61. The molecule has 2 saturated carbocycles. The van der Waals surface area contributed by atoms with Gasteiger partial charge in [0.2, 0.25) is 0 Å². The summed E-state index contributed by atoms with van der Waals surface area (Å²) in [5.41, 5.74) is 0.107. The molecule has 4 fully saturated rings. The van der Waals surface area contributed by atoms with Crippen LogP contribution < -0.4 is 0 Å². The van der Waals surface area contributed by atoms with Crippen molar-refractivity contribution in [2.24, 2.45) is 23.7 Å². The Morgan fingerprint density at radius 1 is 1.19 bits per heavy atom. The molecule has 2 nitrogen and oxygen atoms in total. The van der Waals surface area contributed by atoms with Gasteiger partial charge in [-0.1, -0.05) is 0 Å². The SMILES string of the molecule is CC12CC3CCC(CO)C(C1)C3C(C)(C)O2. The summed E-state index contributed by atoms with van der Waals surface area (Å²) in [7, 11) is 0. The highest BCUT2D eigenvalue weighted by Gasteiger charge is 2.60. The van der Waals surface area contributed by atoms with E-state index in [9.17, 15) is 5.11 Å². The van der Waals surface area contributed by atoms with Gasteiger partial charge in [0, 0.05) is 6.61 Å². The molecule has 0 radical (unpaired) electrons. The van der Waals surface area contributed by atoms with E-state index in [1.165, 1.54) is 25.7 Å². The van der Waals surface area contributed by atoms with E-state index in [0.717, 1.165) is 5.92 Å². The number of ether oxygens (including phenoxy) is 1. The summed E-state index contributed by atoms with van der Waals surface area (Å²) in [6, 6.07) is 0. The number of fused-ring (bicyclic) bond motifs is 1. The Kier molecular flexibility index (Phi) is 2.23. The third kappa shape index (κ3) is 1.39. The minimum absolute atomic E-state index is 0.0222. The summed E-state index contributed by atoms with van der Waals surface area (Å²) in [6.07, 6.45) is 4.95. The van der Waals surface area contributed by atoms with Crippen LogP contribution in [0, 0.1) is 23.7 Å². The molecule has 2 saturated heterocycles. The standard InChI is InChI=1S/C14H24O2/c1-13(2)12-9-4-5-10(8-15)11(12)7-14(3,6-9)16-13/h9-12,15H,4-8H2,1-3H3. The van der Waals surface area contributed by atoms with Gasteiger partial charge in [-0.2, -0.15) is 0 Å². The molecule has 0 amide bonds. The molecule has 1 N–H and O–H groups in total. The third-order valence-corrected chi connectivity index (χ3v) is 5.39. The summed E-state index contributed by atoms with van der Waals surface area (Å²) in [5.74, 6) is 2.76. The van der Waals surface area contributed by atoms with Gasteiger partial charge in [0.15, 0.2) is 0 Å². The molecule has 92 valence electrons. The van der Waals surface area contributed by atoms with Gasteiger partial charge in [0.25, 0.3) is 0 Å². The maximum atomic E-state index is 9.54. The van der Waals surface area contributed by atoms with Crippen LogP contribution in [0.1, 0.15) is 46.5 Å². The molecule has 4 rings (SSSR count). The van der Waals surface area contributed by atoms with Crippen LogP contribution in [-0.2, 0) is 4.74 Å². The fourth-order valence-electron chi connectivity index (χ4n) is 5.22. The number of hydrogen-bond donors (Lipinski definition) is 1. The number of hydrogen-bond acceptors (Lipinski definition) is 2. The molecular weight excluding hydrogens is 200 g/mol. The Morgan fingerprint density at radius 3 is 2.56 bits per heavy atom.